The molecule has 0 spiro atoms. The number of piperazine rings is 1. The molecule has 3 rings (SSSR count). The van der Waals surface area contributed by atoms with Crippen molar-refractivity contribution >= 4 is 23.4 Å². The van der Waals surface area contributed by atoms with Crippen molar-refractivity contribution in [2.24, 2.45) is 5.92 Å². The van der Waals surface area contributed by atoms with E-state index in [0.29, 0.717) is 26.2 Å². The summed E-state index contributed by atoms with van der Waals surface area (Å²) < 4.78 is 13.9. The van der Waals surface area contributed by atoms with E-state index >= 15 is 0 Å². The SMILES string of the molecule is CC(C)C(NC(=O)c1ccccc1F)C(=O)N1CCN(CC(=O)Nc2ccccc2)CC1. The number of halogens is 1. The molecule has 0 bridgehead atoms. The van der Waals surface area contributed by atoms with E-state index in [9.17, 15) is 18.8 Å². The number of nitrogens with zero attached hydrogens (tertiary/aromatic N) is 2. The Morgan fingerprint density at radius 1 is 0.938 bits per heavy atom. The van der Waals surface area contributed by atoms with Crippen LogP contribution in [0.5, 0.6) is 0 Å². The van der Waals surface area contributed by atoms with Gasteiger partial charge in [-0.3, -0.25) is 19.3 Å². The number of hydrogen-bond acceptors (Lipinski definition) is 4. The number of anilines is 1. The summed E-state index contributed by atoms with van der Waals surface area (Å²) in [6, 6.07) is 14.2. The molecule has 2 aromatic rings. The molecule has 1 aliphatic rings. The lowest BCUT2D eigenvalue weighted by molar-refractivity contribution is -0.136. The minimum Gasteiger partial charge on any atom is -0.340 e. The van der Waals surface area contributed by atoms with Gasteiger partial charge < -0.3 is 15.5 Å². The zero-order valence-electron chi connectivity index (χ0n) is 18.4. The molecule has 32 heavy (non-hydrogen) atoms. The third kappa shape index (κ3) is 6.13. The highest BCUT2D eigenvalue weighted by Crippen LogP contribution is 2.13. The van der Waals surface area contributed by atoms with Gasteiger partial charge in [0.1, 0.15) is 11.9 Å². The van der Waals surface area contributed by atoms with Crippen molar-refractivity contribution in [1.29, 1.82) is 0 Å². The molecule has 8 heteroatoms. The molecular weight excluding hydrogens is 411 g/mol. The van der Waals surface area contributed by atoms with Crippen molar-refractivity contribution in [2.75, 3.05) is 38.0 Å². The summed E-state index contributed by atoms with van der Waals surface area (Å²) in [4.78, 5) is 41.5. The van der Waals surface area contributed by atoms with Crippen molar-refractivity contribution in [1.82, 2.24) is 15.1 Å². The van der Waals surface area contributed by atoms with Gasteiger partial charge in [0.05, 0.1) is 12.1 Å². The zero-order valence-corrected chi connectivity index (χ0v) is 18.4. The van der Waals surface area contributed by atoms with Crippen LogP contribution < -0.4 is 10.6 Å². The Hall–Kier alpha value is -3.26. The number of nitrogens with one attached hydrogen (secondary N) is 2. The quantitative estimate of drug-likeness (QED) is 0.693. The summed E-state index contributed by atoms with van der Waals surface area (Å²) in [7, 11) is 0. The average Bonchev–Trinajstić information content (AvgIpc) is 2.78. The number of carbonyl (C=O) groups is 3. The fraction of sp³-hybridized carbons (Fsp3) is 0.375. The van der Waals surface area contributed by atoms with Crippen molar-refractivity contribution in [3.05, 3.63) is 66.0 Å². The van der Waals surface area contributed by atoms with E-state index in [4.69, 9.17) is 0 Å². The Kier molecular flexibility index (Phi) is 7.94. The van der Waals surface area contributed by atoms with Crippen LogP contribution in [0.25, 0.3) is 0 Å². The van der Waals surface area contributed by atoms with Crippen LogP contribution in [0.3, 0.4) is 0 Å². The van der Waals surface area contributed by atoms with E-state index in [0.717, 1.165) is 5.69 Å². The van der Waals surface area contributed by atoms with Crippen LogP contribution >= 0.6 is 0 Å². The number of benzene rings is 2. The smallest absolute Gasteiger partial charge is 0.254 e. The molecule has 0 radical (unpaired) electrons. The highest BCUT2D eigenvalue weighted by Gasteiger charge is 2.31. The second-order valence-electron chi connectivity index (χ2n) is 8.19. The van der Waals surface area contributed by atoms with Crippen molar-refractivity contribution in [3.63, 3.8) is 0 Å². The zero-order chi connectivity index (χ0) is 23.1. The fourth-order valence-corrected chi connectivity index (χ4v) is 3.63. The van der Waals surface area contributed by atoms with E-state index in [1.54, 1.807) is 11.0 Å². The first-order chi connectivity index (χ1) is 15.3. The first-order valence-corrected chi connectivity index (χ1v) is 10.8. The lowest BCUT2D eigenvalue weighted by Gasteiger charge is -2.37. The van der Waals surface area contributed by atoms with Gasteiger partial charge in [-0.1, -0.05) is 44.2 Å². The van der Waals surface area contributed by atoms with Crippen LogP contribution in [0, 0.1) is 11.7 Å². The molecule has 1 saturated heterocycles. The van der Waals surface area contributed by atoms with Gasteiger partial charge in [0, 0.05) is 31.9 Å². The van der Waals surface area contributed by atoms with Crippen LogP contribution in [0.1, 0.15) is 24.2 Å². The molecule has 0 saturated carbocycles. The second kappa shape index (κ2) is 10.9. The summed E-state index contributed by atoms with van der Waals surface area (Å²) in [5.41, 5.74) is 0.664. The van der Waals surface area contributed by atoms with Gasteiger partial charge >= 0.3 is 0 Å². The van der Waals surface area contributed by atoms with Gasteiger partial charge in [-0.2, -0.15) is 0 Å². The Morgan fingerprint density at radius 2 is 1.56 bits per heavy atom. The Bertz CT molecular complexity index is 943. The largest absolute Gasteiger partial charge is 0.340 e. The number of rotatable bonds is 7. The molecule has 2 aromatic carbocycles. The summed E-state index contributed by atoms with van der Waals surface area (Å²) in [5.74, 6) is -1.69. The molecule has 1 aliphatic heterocycles. The third-order valence-electron chi connectivity index (χ3n) is 5.45. The molecule has 1 fully saturated rings. The van der Waals surface area contributed by atoms with Crippen LogP contribution in [0.15, 0.2) is 54.6 Å². The van der Waals surface area contributed by atoms with Crippen LogP contribution in [0.2, 0.25) is 0 Å². The number of hydrogen-bond donors (Lipinski definition) is 2. The maximum absolute atomic E-state index is 13.9. The Morgan fingerprint density at radius 3 is 2.19 bits per heavy atom. The molecule has 1 atom stereocenters. The first kappa shape index (κ1) is 23.4. The van der Waals surface area contributed by atoms with E-state index in [1.165, 1.54) is 18.2 Å². The van der Waals surface area contributed by atoms with E-state index in [-0.39, 0.29) is 29.8 Å². The summed E-state index contributed by atoms with van der Waals surface area (Å²) >= 11 is 0. The maximum atomic E-state index is 13.9. The maximum Gasteiger partial charge on any atom is 0.254 e. The van der Waals surface area contributed by atoms with Crippen molar-refractivity contribution < 1.29 is 18.8 Å². The fourth-order valence-electron chi connectivity index (χ4n) is 3.63. The Balaban J connectivity index is 1.52. The van der Waals surface area contributed by atoms with Gasteiger partial charge in [0.15, 0.2) is 0 Å². The van der Waals surface area contributed by atoms with E-state index < -0.39 is 17.8 Å². The van der Waals surface area contributed by atoms with Crippen LogP contribution in [-0.2, 0) is 9.59 Å². The molecule has 1 unspecified atom stereocenters. The van der Waals surface area contributed by atoms with Gasteiger partial charge in [0.2, 0.25) is 11.8 Å². The molecule has 0 aromatic heterocycles. The summed E-state index contributed by atoms with van der Waals surface area (Å²) in [6.45, 7) is 5.95. The van der Waals surface area contributed by atoms with Gasteiger partial charge in [0.25, 0.3) is 5.91 Å². The van der Waals surface area contributed by atoms with Gasteiger partial charge in [-0.25, -0.2) is 4.39 Å². The predicted molar refractivity (Wildman–Crippen MR) is 121 cm³/mol. The monoisotopic (exact) mass is 440 g/mol. The molecule has 0 aliphatic carbocycles. The number of carbonyl (C=O) groups excluding carboxylic acids is 3. The molecule has 7 nitrogen and oxygen atoms in total. The number of para-hydroxylation sites is 1. The highest BCUT2D eigenvalue weighted by atomic mass is 19.1. The molecular formula is C24H29FN4O3. The Labute approximate surface area is 187 Å². The van der Waals surface area contributed by atoms with Gasteiger partial charge in [-0.15, -0.1) is 0 Å². The molecule has 2 N–H and O–H groups in total. The summed E-state index contributed by atoms with van der Waals surface area (Å²) in [5, 5.41) is 5.55. The van der Waals surface area contributed by atoms with E-state index in [2.05, 4.69) is 10.6 Å². The number of amides is 3. The molecule has 3 amide bonds. The lowest BCUT2D eigenvalue weighted by atomic mass is 10.0. The first-order valence-electron chi connectivity index (χ1n) is 10.8. The average molecular weight is 441 g/mol. The topological polar surface area (TPSA) is 81.8 Å². The minimum absolute atomic E-state index is 0.0832. The van der Waals surface area contributed by atoms with Gasteiger partial charge in [-0.05, 0) is 30.2 Å². The standard InChI is InChI=1S/C24H29FN4O3/c1-17(2)22(27-23(31)19-10-6-7-11-20(19)25)24(32)29-14-12-28(13-15-29)16-21(30)26-18-8-4-3-5-9-18/h3-11,17,22H,12-16H2,1-2H3,(H,26,30)(H,27,31). The van der Waals surface area contributed by atoms with Crippen LogP contribution in [-0.4, -0.2) is 66.3 Å². The van der Waals surface area contributed by atoms with Crippen molar-refractivity contribution in [2.45, 2.75) is 19.9 Å². The molecule has 1 heterocycles. The third-order valence-corrected chi connectivity index (χ3v) is 5.45. The normalized spacial score (nSPS) is 15.3. The highest BCUT2D eigenvalue weighted by molar-refractivity contribution is 5.98. The lowest BCUT2D eigenvalue weighted by Crippen LogP contribution is -2.57. The summed E-state index contributed by atoms with van der Waals surface area (Å²) in [6.07, 6.45) is 0. The minimum atomic E-state index is -0.755. The second-order valence-corrected chi connectivity index (χ2v) is 8.19. The molecule has 170 valence electrons. The van der Waals surface area contributed by atoms with Crippen molar-refractivity contribution in [3.8, 4) is 0 Å². The predicted octanol–water partition coefficient (Wildman–Crippen LogP) is 2.36. The van der Waals surface area contributed by atoms with E-state index in [1.807, 2.05) is 49.1 Å². The van der Waals surface area contributed by atoms with Crippen LogP contribution in [0.4, 0.5) is 10.1 Å².